The number of carbonyl (C=O) groups is 4. The highest BCUT2D eigenvalue weighted by molar-refractivity contribution is 6.08. The maximum Gasteiger partial charge on any atom is 0.327 e. The first-order valence-corrected chi connectivity index (χ1v) is 9.03. The van der Waals surface area contributed by atoms with E-state index in [1.165, 1.54) is 0 Å². The Kier molecular flexibility index (Phi) is 5.16. The van der Waals surface area contributed by atoms with Gasteiger partial charge < -0.3 is 15.4 Å². The first-order valence-electron chi connectivity index (χ1n) is 9.03. The molecule has 0 radical (unpaired) electrons. The molecular formula is C19H23N3O5. The molecule has 2 aliphatic rings. The topological polar surface area (TPSA) is 105 Å². The van der Waals surface area contributed by atoms with Crippen LogP contribution in [0.25, 0.3) is 0 Å². The van der Waals surface area contributed by atoms with E-state index in [-0.39, 0.29) is 6.04 Å². The second-order valence-electron chi connectivity index (χ2n) is 7.07. The van der Waals surface area contributed by atoms with Crippen molar-refractivity contribution in [2.75, 3.05) is 6.54 Å². The fourth-order valence-electron chi connectivity index (χ4n) is 2.83. The highest BCUT2D eigenvalue weighted by atomic mass is 16.5. The van der Waals surface area contributed by atoms with E-state index in [0.717, 1.165) is 17.7 Å². The maximum atomic E-state index is 12.5. The van der Waals surface area contributed by atoms with Crippen molar-refractivity contribution < 1.29 is 23.9 Å². The van der Waals surface area contributed by atoms with E-state index in [9.17, 15) is 19.2 Å². The van der Waals surface area contributed by atoms with E-state index in [1.54, 1.807) is 44.2 Å². The van der Waals surface area contributed by atoms with Crippen molar-refractivity contribution in [2.24, 2.45) is 0 Å². The molecule has 1 aromatic rings. The zero-order valence-electron chi connectivity index (χ0n) is 15.4. The molecule has 3 rings (SSSR count). The number of ether oxygens (including phenoxy) is 1. The number of benzene rings is 1. The summed E-state index contributed by atoms with van der Waals surface area (Å²) in [6.07, 6.45) is 1.08. The van der Waals surface area contributed by atoms with E-state index in [2.05, 4.69) is 10.6 Å². The summed E-state index contributed by atoms with van der Waals surface area (Å²) in [6.45, 7) is 2.84. The average Bonchev–Trinajstić information content (AvgIpc) is 3.44. The molecule has 1 aliphatic carbocycles. The zero-order chi connectivity index (χ0) is 19.6. The van der Waals surface area contributed by atoms with Crippen LogP contribution in [0.3, 0.4) is 0 Å². The van der Waals surface area contributed by atoms with Gasteiger partial charge in [-0.15, -0.1) is 0 Å². The van der Waals surface area contributed by atoms with Gasteiger partial charge in [-0.05, 0) is 26.2 Å². The molecule has 144 valence electrons. The van der Waals surface area contributed by atoms with Gasteiger partial charge in [0, 0.05) is 11.6 Å². The number of hydrogen-bond donors (Lipinski definition) is 2. The van der Waals surface area contributed by atoms with Crippen LogP contribution < -0.4 is 10.6 Å². The fraction of sp³-hybridized carbons (Fsp3) is 0.474. The summed E-state index contributed by atoms with van der Waals surface area (Å²) in [4.78, 5) is 50.2. The average molecular weight is 373 g/mol. The predicted molar refractivity (Wildman–Crippen MR) is 95.4 cm³/mol. The van der Waals surface area contributed by atoms with Gasteiger partial charge in [-0.1, -0.05) is 37.3 Å². The van der Waals surface area contributed by atoms with Crippen LogP contribution in [0.5, 0.6) is 0 Å². The quantitative estimate of drug-likeness (QED) is 0.553. The Morgan fingerprint density at radius 3 is 2.52 bits per heavy atom. The second-order valence-corrected chi connectivity index (χ2v) is 7.07. The minimum absolute atomic E-state index is 0.110. The van der Waals surface area contributed by atoms with Crippen LogP contribution in [-0.4, -0.2) is 46.8 Å². The Morgan fingerprint density at radius 1 is 1.30 bits per heavy atom. The Morgan fingerprint density at radius 2 is 1.96 bits per heavy atom. The van der Waals surface area contributed by atoms with Gasteiger partial charge in [0.2, 0.25) is 6.10 Å². The molecule has 1 aliphatic heterocycles. The molecular weight excluding hydrogens is 350 g/mol. The van der Waals surface area contributed by atoms with Gasteiger partial charge in [-0.25, -0.2) is 4.79 Å². The number of imide groups is 1. The standard InChI is InChI=1S/C19H23N3O5/c1-3-19(2)17(25)22(18(26)21-19)11-14(23)27-15(12-7-5-4-6-8-12)16(24)20-13-9-10-13/h4-8,13,15H,3,9-11H2,1-2H3,(H,20,24)(H,21,26)/t15-,19+/m1/s1. The number of carbonyl (C=O) groups excluding carboxylic acids is 4. The van der Waals surface area contributed by atoms with Crippen molar-refractivity contribution in [3.8, 4) is 0 Å². The molecule has 0 aromatic heterocycles. The summed E-state index contributed by atoms with van der Waals surface area (Å²) in [5.41, 5.74) is -0.501. The van der Waals surface area contributed by atoms with Gasteiger partial charge in [-0.2, -0.15) is 0 Å². The summed E-state index contributed by atoms with van der Waals surface area (Å²) < 4.78 is 5.36. The lowest BCUT2D eigenvalue weighted by molar-refractivity contribution is -0.158. The molecule has 0 spiro atoms. The number of rotatable bonds is 7. The molecule has 0 bridgehead atoms. The third kappa shape index (κ3) is 4.10. The van der Waals surface area contributed by atoms with Crippen molar-refractivity contribution in [3.63, 3.8) is 0 Å². The summed E-state index contributed by atoms with van der Waals surface area (Å²) in [6, 6.07) is 8.12. The predicted octanol–water partition coefficient (Wildman–Crippen LogP) is 1.27. The van der Waals surface area contributed by atoms with Crippen LogP contribution in [0, 0.1) is 0 Å². The molecule has 8 nitrogen and oxygen atoms in total. The second kappa shape index (κ2) is 7.38. The molecule has 1 heterocycles. The van der Waals surface area contributed by atoms with Gasteiger partial charge in [0.25, 0.3) is 11.8 Å². The number of hydrogen-bond acceptors (Lipinski definition) is 5. The molecule has 4 amide bonds. The highest BCUT2D eigenvalue weighted by Crippen LogP contribution is 2.24. The van der Waals surface area contributed by atoms with Gasteiger partial charge in [-0.3, -0.25) is 19.3 Å². The van der Waals surface area contributed by atoms with E-state index < -0.39 is 42.0 Å². The van der Waals surface area contributed by atoms with Crippen molar-refractivity contribution in [1.82, 2.24) is 15.5 Å². The summed E-state index contributed by atoms with van der Waals surface area (Å²) in [5.74, 6) is -1.71. The highest BCUT2D eigenvalue weighted by Gasteiger charge is 2.47. The summed E-state index contributed by atoms with van der Waals surface area (Å²) in [7, 11) is 0. The Hall–Kier alpha value is -2.90. The normalized spacial score (nSPS) is 23.0. The minimum Gasteiger partial charge on any atom is -0.446 e. The van der Waals surface area contributed by atoms with Gasteiger partial charge in [0.15, 0.2) is 0 Å². The SMILES string of the molecule is CC[C@]1(C)NC(=O)N(CC(=O)O[C@@H](C(=O)NC2CC2)c2ccccc2)C1=O. The lowest BCUT2D eigenvalue weighted by Gasteiger charge is -2.21. The Labute approximate surface area is 157 Å². The van der Waals surface area contributed by atoms with Crippen LogP contribution in [0.15, 0.2) is 30.3 Å². The number of nitrogens with one attached hydrogen (secondary N) is 2. The largest absolute Gasteiger partial charge is 0.446 e. The van der Waals surface area contributed by atoms with Crippen molar-refractivity contribution in [3.05, 3.63) is 35.9 Å². The minimum atomic E-state index is -1.13. The van der Waals surface area contributed by atoms with Crippen LogP contribution in [-0.2, 0) is 19.1 Å². The van der Waals surface area contributed by atoms with Gasteiger partial charge in [0.1, 0.15) is 12.1 Å². The van der Waals surface area contributed by atoms with E-state index >= 15 is 0 Å². The molecule has 2 fully saturated rings. The van der Waals surface area contributed by atoms with Crippen molar-refractivity contribution in [1.29, 1.82) is 0 Å². The van der Waals surface area contributed by atoms with Crippen molar-refractivity contribution in [2.45, 2.75) is 50.8 Å². The van der Waals surface area contributed by atoms with Crippen LogP contribution in [0.4, 0.5) is 4.79 Å². The maximum absolute atomic E-state index is 12.5. The number of amides is 4. The molecule has 2 atom stereocenters. The first-order chi connectivity index (χ1) is 12.8. The van der Waals surface area contributed by atoms with Crippen LogP contribution >= 0.6 is 0 Å². The van der Waals surface area contributed by atoms with E-state index in [1.807, 2.05) is 0 Å². The van der Waals surface area contributed by atoms with Gasteiger partial charge in [0.05, 0.1) is 0 Å². The summed E-state index contributed by atoms with van der Waals surface area (Å²) in [5, 5.41) is 5.39. The number of urea groups is 1. The van der Waals surface area contributed by atoms with E-state index in [4.69, 9.17) is 4.74 Å². The zero-order valence-corrected chi connectivity index (χ0v) is 15.4. The Balaban J connectivity index is 1.70. The molecule has 8 heteroatoms. The van der Waals surface area contributed by atoms with E-state index in [0.29, 0.717) is 12.0 Å². The van der Waals surface area contributed by atoms with Gasteiger partial charge >= 0.3 is 12.0 Å². The Bertz CT molecular complexity index is 762. The molecule has 2 N–H and O–H groups in total. The molecule has 0 unspecified atom stereocenters. The summed E-state index contributed by atoms with van der Waals surface area (Å²) >= 11 is 0. The van der Waals surface area contributed by atoms with Crippen LogP contribution in [0.1, 0.15) is 44.8 Å². The third-order valence-electron chi connectivity index (χ3n) is 4.85. The lowest BCUT2D eigenvalue weighted by atomic mass is 9.99. The van der Waals surface area contributed by atoms with Crippen molar-refractivity contribution >= 4 is 23.8 Å². The van der Waals surface area contributed by atoms with Crippen LogP contribution in [0.2, 0.25) is 0 Å². The molecule has 1 aromatic carbocycles. The smallest absolute Gasteiger partial charge is 0.327 e. The third-order valence-corrected chi connectivity index (χ3v) is 4.85. The molecule has 1 saturated heterocycles. The first kappa shape index (κ1) is 18.9. The fourth-order valence-corrected chi connectivity index (χ4v) is 2.83. The number of esters is 1. The monoisotopic (exact) mass is 373 g/mol. The number of nitrogens with zero attached hydrogens (tertiary/aromatic N) is 1. The molecule has 27 heavy (non-hydrogen) atoms. The molecule has 1 saturated carbocycles. The lowest BCUT2D eigenvalue weighted by Crippen LogP contribution is -2.44.